The van der Waals surface area contributed by atoms with Crippen molar-refractivity contribution in [2.75, 3.05) is 26.1 Å². The summed E-state index contributed by atoms with van der Waals surface area (Å²) in [4.78, 5) is 4.45. The molecule has 2 aromatic rings. The van der Waals surface area contributed by atoms with Crippen molar-refractivity contribution in [2.24, 2.45) is 4.99 Å². The number of nitrogens with zero attached hydrogens (tertiary/aromatic N) is 1. The number of ether oxygens (including phenoxy) is 2. The fraction of sp³-hybridized carbons (Fsp3) is 0.409. The summed E-state index contributed by atoms with van der Waals surface area (Å²) in [6, 6.07) is 12.4. The lowest BCUT2D eigenvalue weighted by Gasteiger charge is -2.22. The predicted molar refractivity (Wildman–Crippen MR) is 125 cm³/mol. The molecule has 0 saturated carbocycles. The van der Waals surface area contributed by atoms with Crippen LogP contribution in [0.5, 0.6) is 11.5 Å². The first kappa shape index (κ1) is 24.5. The van der Waals surface area contributed by atoms with Gasteiger partial charge in [0.05, 0.1) is 18.6 Å². The molecule has 0 saturated heterocycles. The Hall–Kier alpha value is -2.78. The molecule has 0 radical (unpaired) electrons. The standard InChI is InChI=1S/C22H32N4O4S/c1-7-30-18-13-12-17(14-19(18)29-6)25-21(23-5)24-15-16-10-8-9-11-20(16)31(27,28)26-22(2,3)4/h8-14,26H,7,15H2,1-6H3,(H2,23,24,25). The average molecular weight is 449 g/mol. The molecular formula is C22H32N4O4S. The number of methoxy groups -OCH3 is 1. The van der Waals surface area contributed by atoms with Gasteiger partial charge in [-0.25, -0.2) is 13.1 Å². The fourth-order valence-electron chi connectivity index (χ4n) is 2.89. The molecule has 3 N–H and O–H groups in total. The lowest BCUT2D eigenvalue weighted by atomic mass is 10.1. The highest BCUT2D eigenvalue weighted by molar-refractivity contribution is 7.89. The Kier molecular flexibility index (Phi) is 8.29. The number of hydrogen-bond acceptors (Lipinski definition) is 5. The summed E-state index contributed by atoms with van der Waals surface area (Å²) in [5, 5.41) is 6.34. The van der Waals surface area contributed by atoms with Crippen LogP contribution in [-0.4, -0.2) is 40.7 Å². The Morgan fingerprint density at radius 2 is 1.81 bits per heavy atom. The van der Waals surface area contributed by atoms with Crippen LogP contribution in [-0.2, 0) is 16.6 Å². The van der Waals surface area contributed by atoms with Crippen LogP contribution in [0.4, 0.5) is 5.69 Å². The van der Waals surface area contributed by atoms with Crippen molar-refractivity contribution in [1.82, 2.24) is 10.0 Å². The maximum Gasteiger partial charge on any atom is 0.241 e. The van der Waals surface area contributed by atoms with Crippen molar-refractivity contribution in [3.05, 3.63) is 48.0 Å². The van der Waals surface area contributed by atoms with Gasteiger partial charge in [-0.05, 0) is 51.5 Å². The molecular weight excluding hydrogens is 416 g/mol. The largest absolute Gasteiger partial charge is 0.493 e. The number of aliphatic imine (C=N–C) groups is 1. The van der Waals surface area contributed by atoms with E-state index in [1.54, 1.807) is 38.4 Å². The summed E-state index contributed by atoms with van der Waals surface area (Å²) in [6.07, 6.45) is 0. The fourth-order valence-corrected chi connectivity index (χ4v) is 4.54. The van der Waals surface area contributed by atoms with Crippen LogP contribution in [0.3, 0.4) is 0 Å². The summed E-state index contributed by atoms with van der Waals surface area (Å²) in [7, 11) is -0.437. The zero-order chi connectivity index (χ0) is 23.1. The molecule has 0 bridgehead atoms. The molecule has 2 aromatic carbocycles. The van der Waals surface area contributed by atoms with Crippen molar-refractivity contribution < 1.29 is 17.9 Å². The number of hydrogen-bond donors (Lipinski definition) is 3. The van der Waals surface area contributed by atoms with Crippen LogP contribution in [0.15, 0.2) is 52.4 Å². The van der Waals surface area contributed by atoms with Crippen molar-refractivity contribution in [2.45, 2.75) is 44.7 Å². The van der Waals surface area contributed by atoms with E-state index < -0.39 is 15.6 Å². The van der Waals surface area contributed by atoms with Crippen molar-refractivity contribution >= 4 is 21.7 Å². The Labute approximate surface area is 185 Å². The van der Waals surface area contributed by atoms with Crippen LogP contribution < -0.4 is 24.8 Å². The molecule has 8 nitrogen and oxygen atoms in total. The lowest BCUT2D eigenvalue weighted by Crippen LogP contribution is -2.41. The Balaban J connectivity index is 2.16. The van der Waals surface area contributed by atoms with Gasteiger partial charge < -0.3 is 20.1 Å². The van der Waals surface area contributed by atoms with Crippen LogP contribution in [0.1, 0.15) is 33.3 Å². The maximum atomic E-state index is 12.8. The van der Waals surface area contributed by atoms with Crippen molar-refractivity contribution in [3.8, 4) is 11.5 Å². The molecule has 0 aromatic heterocycles. The highest BCUT2D eigenvalue weighted by Crippen LogP contribution is 2.30. The number of guanidine groups is 1. The van der Waals surface area contributed by atoms with Crippen molar-refractivity contribution in [1.29, 1.82) is 0 Å². The predicted octanol–water partition coefficient (Wildman–Crippen LogP) is 3.36. The first-order valence-corrected chi connectivity index (χ1v) is 11.5. The summed E-state index contributed by atoms with van der Waals surface area (Å²) in [5.74, 6) is 1.75. The second kappa shape index (κ2) is 10.5. The van der Waals surface area contributed by atoms with Gasteiger partial charge >= 0.3 is 0 Å². The zero-order valence-corrected chi connectivity index (χ0v) is 19.8. The highest BCUT2D eigenvalue weighted by Gasteiger charge is 2.24. The van der Waals surface area contributed by atoms with Crippen LogP contribution in [0.25, 0.3) is 0 Å². The van der Waals surface area contributed by atoms with Crippen LogP contribution in [0.2, 0.25) is 0 Å². The number of sulfonamides is 1. The number of rotatable bonds is 8. The molecule has 170 valence electrons. The molecule has 9 heteroatoms. The van der Waals surface area contributed by atoms with E-state index in [1.165, 1.54) is 0 Å². The van der Waals surface area contributed by atoms with E-state index in [0.29, 0.717) is 29.6 Å². The van der Waals surface area contributed by atoms with Crippen LogP contribution in [0, 0.1) is 0 Å². The summed E-state index contributed by atoms with van der Waals surface area (Å²) < 4.78 is 39.2. The van der Waals surface area contributed by atoms with Gasteiger partial charge in [0.25, 0.3) is 0 Å². The molecule has 2 rings (SSSR count). The van der Waals surface area contributed by atoms with Crippen molar-refractivity contribution in [3.63, 3.8) is 0 Å². The second-order valence-electron chi connectivity index (χ2n) is 7.81. The Bertz CT molecular complexity index is 1010. The van der Waals surface area contributed by atoms with E-state index in [2.05, 4.69) is 20.3 Å². The third-order valence-electron chi connectivity index (χ3n) is 4.10. The topological polar surface area (TPSA) is 101 Å². The smallest absolute Gasteiger partial charge is 0.241 e. The minimum atomic E-state index is -3.66. The van der Waals surface area contributed by atoms with Gasteiger partial charge in [-0.3, -0.25) is 4.99 Å². The molecule has 31 heavy (non-hydrogen) atoms. The number of benzene rings is 2. The molecule has 0 aliphatic heterocycles. The Morgan fingerprint density at radius 1 is 1.10 bits per heavy atom. The van der Waals surface area contributed by atoms with E-state index in [4.69, 9.17) is 9.47 Å². The van der Waals surface area contributed by atoms with Gasteiger partial charge in [-0.2, -0.15) is 0 Å². The van der Waals surface area contributed by atoms with Crippen LogP contribution >= 0.6 is 0 Å². The number of anilines is 1. The molecule has 0 spiro atoms. The van der Waals surface area contributed by atoms with Gasteiger partial charge in [0.2, 0.25) is 10.0 Å². The third kappa shape index (κ3) is 7.15. The van der Waals surface area contributed by atoms with Gasteiger partial charge in [0, 0.05) is 30.9 Å². The summed E-state index contributed by atoms with van der Waals surface area (Å²) >= 11 is 0. The molecule has 0 fully saturated rings. The minimum Gasteiger partial charge on any atom is -0.493 e. The van der Waals surface area contributed by atoms with Gasteiger partial charge in [-0.1, -0.05) is 18.2 Å². The Morgan fingerprint density at radius 3 is 2.42 bits per heavy atom. The van der Waals surface area contributed by atoms with Gasteiger partial charge in [0.1, 0.15) is 0 Å². The molecule has 0 aliphatic carbocycles. The molecule has 0 amide bonds. The first-order chi connectivity index (χ1) is 14.6. The SMILES string of the molecule is CCOc1ccc(NC(=NC)NCc2ccccc2S(=O)(=O)NC(C)(C)C)cc1OC. The van der Waals surface area contributed by atoms with Gasteiger partial charge in [0.15, 0.2) is 17.5 Å². The molecule has 0 heterocycles. The lowest BCUT2D eigenvalue weighted by molar-refractivity contribution is 0.311. The second-order valence-corrected chi connectivity index (χ2v) is 9.46. The number of nitrogens with one attached hydrogen (secondary N) is 3. The quantitative estimate of drug-likeness (QED) is 0.423. The zero-order valence-electron chi connectivity index (χ0n) is 18.9. The highest BCUT2D eigenvalue weighted by atomic mass is 32.2. The molecule has 0 atom stereocenters. The van der Waals surface area contributed by atoms with E-state index in [0.717, 1.165) is 5.69 Å². The summed E-state index contributed by atoms with van der Waals surface area (Å²) in [5.41, 5.74) is 0.805. The van der Waals surface area contributed by atoms with E-state index in [9.17, 15) is 8.42 Å². The van der Waals surface area contributed by atoms with E-state index >= 15 is 0 Å². The molecule has 0 unspecified atom stereocenters. The van der Waals surface area contributed by atoms with E-state index in [1.807, 2.05) is 45.9 Å². The van der Waals surface area contributed by atoms with E-state index in [-0.39, 0.29) is 11.4 Å². The maximum absolute atomic E-state index is 12.8. The monoisotopic (exact) mass is 448 g/mol. The molecule has 0 aliphatic rings. The first-order valence-electron chi connectivity index (χ1n) is 10.00. The summed E-state index contributed by atoms with van der Waals surface area (Å²) in [6.45, 7) is 8.15. The normalized spacial score (nSPS) is 12.4. The minimum absolute atomic E-state index is 0.232. The average Bonchev–Trinajstić information content (AvgIpc) is 2.70. The third-order valence-corrected chi connectivity index (χ3v) is 5.96. The van der Waals surface area contributed by atoms with Gasteiger partial charge in [-0.15, -0.1) is 0 Å².